The van der Waals surface area contributed by atoms with Gasteiger partial charge in [-0.15, -0.1) is 0 Å². The number of halogens is 1. The van der Waals surface area contributed by atoms with Gasteiger partial charge in [-0.05, 0) is 29.8 Å². The third-order valence-corrected chi connectivity index (χ3v) is 3.35. The molecule has 0 atom stereocenters. The van der Waals surface area contributed by atoms with E-state index in [0.717, 1.165) is 15.5 Å². The van der Waals surface area contributed by atoms with Crippen LogP contribution in [0.3, 0.4) is 0 Å². The van der Waals surface area contributed by atoms with E-state index in [1.54, 1.807) is 18.0 Å². The molecule has 0 bridgehead atoms. The second-order valence-corrected chi connectivity index (χ2v) is 4.68. The Morgan fingerprint density at radius 3 is 2.75 bits per heavy atom. The first-order valence-electron chi connectivity index (χ1n) is 4.78. The highest BCUT2D eigenvalue weighted by atomic mass is 35.5. The van der Waals surface area contributed by atoms with Gasteiger partial charge in [-0.1, -0.05) is 35.5 Å². The fraction of sp³-hybridized carbons (Fsp3) is 0.0833. The Morgan fingerprint density at radius 2 is 2.12 bits per heavy atom. The van der Waals surface area contributed by atoms with Crippen molar-refractivity contribution in [1.29, 1.82) is 0 Å². The highest BCUT2D eigenvalue weighted by Gasteiger charge is 2.02. The molecule has 0 spiro atoms. The molecule has 2 aromatic rings. The summed E-state index contributed by atoms with van der Waals surface area (Å²) < 4.78 is 0. The van der Waals surface area contributed by atoms with Crippen LogP contribution in [0.1, 0.15) is 5.56 Å². The third-order valence-electron chi connectivity index (χ3n) is 2.06. The molecule has 0 aliphatic heterocycles. The van der Waals surface area contributed by atoms with Crippen molar-refractivity contribution in [3.8, 4) is 0 Å². The zero-order valence-electron chi connectivity index (χ0n) is 8.43. The van der Waals surface area contributed by atoms with Crippen LogP contribution in [0.25, 0.3) is 0 Å². The predicted molar refractivity (Wildman–Crippen MR) is 65.7 cm³/mol. The lowest BCUT2D eigenvalue weighted by Crippen LogP contribution is -1.85. The quantitative estimate of drug-likeness (QED) is 0.908. The van der Waals surface area contributed by atoms with Gasteiger partial charge >= 0.3 is 0 Å². The molecule has 0 aliphatic rings. The Bertz CT molecular complexity index is 476. The van der Waals surface area contributed by atoms with E-state index < -0.39 is 0 Å². The molecule has 0 radical (unpaired) electrons. The molecule has 1 heterocycles. The number of pyridine rings is 1. The maximum absolute atomic E-state index is 9.00. The highest BCUT2D eigenvalue weighted by molar-refractivity contribution is 7.99. The zero-order valence-corrected chi connectivity index (χ0v) is 10.0. The lowest BCUT2D eigenvalue weighted by molar-refractivity contribution is 0.282. The number of hydrogen-bond donors (Lipinski definition) is 1. The van der Waals surface area contributed by atoms with E-state index >= 15 is 0 Å². The summed E-state index contributed by atoms with van der Waals surface area (Å²) in [5.41, 5.74) is 0.743. The number of hydrogen-bond acceptors (Lipinski definition) is 3. The van der Waals surface area contributed by atoms with Gasteiger partial charge in [0.05, 0.1) is 6.61 Å². The topological polar surface area (TPSA) is 33.1 Å². The average molecular weight is 252 g/mol. The van der Waals surface area contributed by atoms with E-state index in [1.165, 1.54) is 0 Å². The van der Waals surface area contributed by atoms with Crippen LogP contribution in [-0.4, -0.2) is 10.1 Å². The standard InChI is InChI=1S/C12H10ClNOS/c13-11-7-10(5-4-9(11)8-15)16-12-3-1-2-6-14-12/h1-7,15H,8H2. The van der Waals surface area contributed by atoms with E-state index in [4.69, 9.17) is 16.7 Å². The summed E-state index contributed by atoms with van der Waals surface area (Å²) in [6, 6.07) is 11.4. The number of aliphatic hydroxyl groups is 1. The van der Waals surface area contributed by atoms with Gasteiger partial charge in [0, 0.05) is 16.1 Å². The van der Waals surface area contributed by atoms with Crippen molar-refractivity contribution in [3.05, 3.63) is 53.2 Å². The SMILES string of the molecule is OCc1ccc(Sc2ccccn2)cc1Cl. The number of benzene rings is 1. The van der Waals surface area contributed by atoms with Gasteiger partial charge in [0.2, 0.25) is 0 Å². The molecule has 0 amide bonds. The van der Waals surface area contributed by atoms with Crippen LogP contribution < -0.4 is 0 Å². The number of nitrogens with zero attached hydrogens (tertiary/aromatic N) is 1. The summed E-state index contributed by atoms with van der Waals surface area (Å²) >= 11 is 7.55. The Balaban J connectivity index is 2.20. The van der Waals surface area contributed by atoms with Crippen molar-refractivity contribution in [2.24, 2.45) is 0 Å². The van der Waals surface area contributed by atoms with Crippen molar-refractivity contribution >= 4 is 23.4 Å². The molecule has 4 heteroatoms. The molecule has 1 N–H and O–H groups in total. The minimum absolute atomic E-state index is 0.0344. The van der Waals surface area contributed by atoms with Gasteiger partial charge in [0.25, 0.3) is 0 Å². The van der Waals surface area contributed by atoms with E-state index in [-0.39, 0.29) is 6.61 Å². The molecule has 0 aliphatic carbocycles. The fourth-order valence-electron chi connectivity index (χ4n) is 1.25. The summed E-state index contributed by atoms with van der Waals surface area (Å²) in [5.74, 6) is 0. The van der Waals surface area contributed by atoms with Crippen LogP contribution in [0.15, 0.2) is 52.5 Å². The molecular formula is C12H10ClNOS. The molecule has 0 fully saturated rings. The summed E-state index contributed by atoms with van der Waals surface area (Å²) in [6.45, 7) is -0.0344. The van der Waals surface area contributed by atoms with E-state index in [9.17, 15) is 0 Å². The van der Waals surface area contributed by atoms with Gasteiger partial charge in [-0.3, -0.25) is 0 Å². The molecule has 82 valence electrons. The van der Waals surface area contributed by atoms with Crippen molar-refractivity contribution in [1.82, 2.24) is 4.98 Å². The van der Waals surface area contributed by atoms with Crippen LogP contribution in [-0.2, 0) is 6.61 Å². The molecule has 2 rings (SSSR count). The molecule has 1 aromatic carbocycles. The highest BCUT2D eigenvalue weighted by Crippen LogP contribution is 2.29. The van der Waals surface area contributed by atoms with Gasteiger partial charge in [0.15, 0.2) is 0 Å². The molecule has 2 nitrogen and oxygen atoms in total. The van der Waals surface area contributed by atoms with Gasteiger partial charge in [0.1, 0.15) is 5.03 Å². The minimum Gasteiger partial charge on any atom is -0.392 e. The molecule has 0 saturated heterocycles. The van der Waals surface area contributed by atoms with Crippen molar-refractivity contribution in [2.45, 2.75) is 16.5 Å². The summed E-state index contributed by atoms with van der Waals surface area (Å²) in [4.78, 5) is 5.23. The monoisotopic (exact) mass is 251 g/mol. The van der Waals surface area contributed by atoms with Crippen molar-refractivity contribution < 1.29 is 5.11 Å². The molecule has 0 unspecified atom stereocenters. The fourth-order valence-corrected chi connectivity index (χ4v) is 2.37. The smallest absolute Gasteiger partial charge is 0.101 e. The molecule has 1 aromatic heterocycles. The first-order valence-corrected chi connectivity index (χ1v) is 5.97. The Kier molecular flexibility index (Phi) is 3.83. The van der Waals surface area contributed by atoms with Crippen LogP contribution in [0.5, 0.6) is 0 Å². The van der Waals surface area contributed by atoms with Gasteiger partial charge in [-0.25, -0.2) is 4.98 Å². The summed E-state index contributed by atoms with van der Waals surface area (Å²) in [7, 11) is 0. The van der Waals surface area contributed by atoms with Crippen LogP contribution >= 0.6 is 23.4 Å². The van der Waals surface area contributed by atoms with E-state index in [0.29, 0.717) is 5.02 Å². The maximum Gasteiger partial charge on any atom is 0.101 e. The Hall–Kier alpha value is -1.03. The normalized spacial score (nSPS) is 10.4. The first-order chi connectivity index (χ1) is 7.79. The summed E-state index contributed by atoms with van der Waals surface area (Å²) in [6.07, 6.45) is 1.76. The van der Waals surface area contributed by atoms with Crippen LogP contribution in [0.4, 0.5) is 0 Å². The average Bonchev–Trinajstić information content (AvgIpc) is 2.31. The van der Waals surface area contributed by atoms with Crippen LogP contribution in [0.2, 0.25) is 5.02 Å². The minimum atomic E-state index is -0.0344. The molecule has 16 heavy (non-hydrogen) atoms. The van der Waals surface area contributed by atoms with Gasteiger partial charge < -0.3 is 5.11 Å². The number of rotatable bonds is 3. The largest absolute Gasteiger partial charge is 0.392 e. The Morgan fingerprint density at radius 1 is 1.25 bits per heavy atom. The van der Waals surface area contributed by atoms with Gasteiger partial charge in [-0.2, -0.15) is 0 Å². The zero-order chi connectivity index (χ0) is 11.4. The second kappa shape index (κ2) is 5.34. The van der Waals surface area contributed by atoms with E-state index in [1.807, 2.05) is 36.4 Å². The lowest BCUT2D eigenvalue weighted by Gasteiger charge is -2.04. The van der Waals surface area contributed by atoms with Crippen LogP contribution in [0, 0.1) is 0 Å². The second-order valence-electron chi connectivity index (χ2n) is 3.18. The predicted octanol–water partition coefficient (Wildman–Crippen LogP) is 3.38. The molecule has 0 saturated carbocycles. The summed E-state index contributed by atoms with van der Waals surface area (Å²) in [5, 5.41) is 10.5. The maximum atomic E-state index is 9.00. The first kappa shape index (κ1) is 11.5. The third kappa shape index (κ3) is 2.76. The van der Waals surface area contributed by atoms with E-state index in [2.05, 4.69) is 4.98 Å². The Labute approximate surface area is 103 Å². The number of aliphatic hydroxyl groups excluding tert-OH is 1. The number of aromatic nitrogens is 1. The van der Waals surface area contributed by atoms with Crippen molar-refractivity contribution in [2.75, 3.05) is 0 Å². The molecular weight excluding hydrogens is 242 g/mol. The lowest BCUT2D eigenvalue weighted by atomic mass is 10.2. The van der Waals surface area contributed by atoms with Crippen molar-refractivity contribution in [3.63, 3.8) is 0 Å².